The Bertz CT molecular complexity index is 356. The number of ether oxygens (including phenoxy) is 1. The lowest BCUT2D eigenvalue weighted by molar-refractivity contribution is 0.417. The zero-order valence-corrected chi connectivity index (χ0v) is 7.23. The third-order valence-electron chi connectivity index (χ3n) is 1.89. The zero-order valence-electron chi connectivity index (χ0n) is 7.23. The lowest BCUT2D eigenvalue weighted by atomic mass is 10.2. The minimum absolute atomic E-state index is 0.0673. The maximum Gasteiger partial charge on any atom is 0.149 e. The van der Waals surface area contributed by atoms with E-state index in [1.54, 1.807) is 6.08 Å². The van der Waals surface area contributed by atoms with Gasteiger partial charge < -0.3 is 4.74 Å². The summed E-state index contributed by atoms with van der Waals surface area (Å²) in [7, 11) is 0. The molecule has 13 heavy (non-hydrogen) atoms. The Hall–Kier alpha value is -1.52. The quantitative estimate of drug-likeness (QED) is 0.357. The molecule has 1 fully saturated rings. The topological polar surface area (TPSA) is 12.5 Å². The zero-order chi connectivity index (χ0) is 9.10. The number of hydrogen-bond donors (Lipinski definition) is 0. The molecule has 2 unspecified atom stereocenters. The van der Waals surface area contributed by atoms with Crippen LogP contribution >= 0.6 is 0 Å². The molecule has 0 bridgehead atoms. The summed E-state index contributed by atoms with van der Waals surface area (Å²) >= 11 is 0. The molecule has 1 aromatic rings. The lowest BCUT2D eigenvalue weighted by Crippen LogP contribution is -1.83. The summed E-state index contributed by atoms with van der Waals surface area (Å²) in [5, 5.41) is 0. The highest BCUT2D eigenvalue weighted by molar-refractivity contribution is 5.36. The van der Waals surface area contributed by atoms with Crippen LogP contribution in [0.4, 0.5) is 0 Å². The van der Waals surface area contributed by atoms with Gasteiger partial charge in [0.15, 0.2) is 0 Å². The molecule has 1 aliphatic rings. The average Bonchev–Trinajstić information content (AvgIpc) is 2.95. The molecule has 2 atom stereocenters. The molecule has 1 saturated heterocycles. The van der Waals surface area contributed by atoms with Gasteiger partial charge in [-0.15, -0.1) is 6.58 Å². The van der Waals surface area contributed by atoms with Crippen molar-refractivity contribution in [3.05, 3.63) is 48.6 Å². The summed E-state index contributed by atoms with van der Waals surface area (Å²) < 4.78 is 5.20. The molecule has 0 N–H and O–H groups in total. The van der Waals surface area contributed by atoms with Gasteiger partial charge in [0, 0.05) is 5.56 Å². The highest BCUT2D eigenvalue weighted by atomic mass is 16.6. The molecular formula is C12H10O. The molecule has 0 saturated carbocycles. The molecular weight excluding hydrogens is 160 g/mol. The van der Waals surface area contributed by atoms with E-state index in [4.69, 9.17) is 4.74 Å². The number of epoxide rings is 1. The standard InChI is InChI=1S/C12H10O/c1-2-11-12(13-11)9-8-10-6-4-3-5-7-10/h2-7,11-12H,1H2. The molecule has 0 aromatic heterocycles. The van der Waals surface area contributed by atoms with Crippen molar-refractivity contribution in [3.8, 4) is 11.8 Å². The average molecular weight is 170 g/mol. The second-order valence-corrected chi connectivity index (χ2v) is 2.89. The molecule has 0 amide bonds. The monoisotopic (exact) mass is 170 g/mol. The highest BCUT2D eigenvalue weighted by Gasteiger charge is 2.33. The fraction of sp³-hybridized carbons (Fsp3) is 0.167. The molecule has 1 heteroatoms. The fourth-order valence-electron chi connectivity index (χ4n) is 1.10. The summed E-state index contributed by atoms with van der Waals surface area (Å²) in [6, 6.07) is 9.90. The van der Waals surface area contributed by atoms with E-state index >= 15 is 0 Å². The van der Waals surface area contributed by atoms with Crippen molar-refractivity contribution in [2.75, 3.05) is 0 Å². The number of hydrogen-bond acceptors (Lipinski definition) is 1. The molecule has 1 aromatic carbocycles. The summed E-state index contributed by atoms with van der Waals surface area (Å²) in [4.78, 5) is 0. The van der Waals surface area contributed by atoms with Gasteiger partial charge in [0.05, 0.1) is 0 Å². The van der Waals surface area contributed by atoms with E-state index in [1.165, 1.54) is 0 Å². The van der Waals surface area contributed by atoms with Gasteiger partial charge in [-0.3, -0.25) is 0 Å². The van der Waals surface area contributed by atoms with E-state index in [-0.39, 0.29) is 12.2 Å². The van der Waals surface area contributed by atoms with Crippen molar-refractivity contribution in [1.82, 2.24) is 0 Å². The van der Waals surface area contributed by atoms with Crippen LogP contribution in [0.15, 0.2) is 43.0 Å². The minimum atomic E-state index is 0.0673. The van der Waals surface area contributed by atoms with Gasteiger partial charge in [-0.2, -0.15) is 0 Å². The Labute approximate surface area is 78.0 Å². The Morgan fingerprint density at radius 2 is 2.08 bits per heavy atom. The van der Waals surface area contributed by atoms with E-state index in [2.05, 4.69) is 18.4 Å². The highest BCUT2D eigenvalue weighted by Crippen LogP contribution is 2.21. The second kappa shape index (κ2) is 3.47. The van der Waals surface area contributed by atoms with Gasteiger partial charge in [-0.05, 0) is 12.1 Å². The summed E-state index contributed by atoms with van der Waals surface area (Å²) in [5.74, 6) is 6.08. The molecule has 1 nitrogen and oxygen atoms in total. The molecule has 0 aliphatic carbocycles. The largest absolute Gasteiger partial charge is 0.351 e. The van der Waals surface area contributed by atoms with Gasteiger partial charge in [0.2, 0.25) is 0 Å². The molecule has 1 heterocycles. The third-order valence-corrected chi connectivity index (χ3v) is 1.89. The minimum Gasteiger partial charge on any atom is -0.351 e. The van der Waals surface area contributed by atoms with Crippen molar-refractivity contribution in [2.45, 2.75) is 12.2 Å². The first-order chi connectivity index (χ1) is 6.40. The predicted octanol–water partition coefficient (Wildman–Crippen LogP) is 1.99. The van der Waals surface area contributed by atoms with Gasteiger partial charge in [-0.1, -0.05) is 36.1 Å². The first kappa shape index (κ1) is 8.10. The maximum atomic E-state index is 5.20. The molecule has 0 spiro atoms. The van der Waals surface area contributed by atoms with Crippen molar-refractivity contribution >= 4 is 0 Å². The Kier molecular flexibility index (Phi) is 2.16. The Morgan fingerprint density at radius 1 is 1.31 bits per heavy atom. The number of rotatable bonds is 1. The smallest absolute Gasteiger partial charge is 0.149 e. The Balaban J connectivity index is 2.02. The SMILES string of the molecule is C=CC1OC1C#Cc1ccccc1. The summed E-state index contributed by atoms with van der Waals surface area (Å²) in [6.07, 6.45) is 2.00. The van der Waals surface area contributed by atoms with Crippen LogP contribution in [0.2, 0.25) is 0 Å². The predicted molar refractivity (Wildman–Crippen MR) is 52.2 cm³/mol. The van der Waals surface area contributed by atoms with Gasteiger partial charge in [0.1, 0.15) is 12.2 Å². The van der Waals surface area contributed by atoms with Gasteiger partial charge in [0.25, 0.3) is 0 Å². The van der Waals surface area contributed by atoms with Crippen LogP contribution in [0.1, 0.15) is 5.56 Å². The van der Waals surface area contributed by atoms with Gasteiger partial charge in [-0.25, -0.2) is 0 Å². The normalized spacial score (nSPS) is 24.3. The molecule has 2 rings (SSSR count). The summed E-state index contributed by atoms with van der Waals surface area (Å²) in [6.45, 7) is 3.64. The van der Waals surface area contributed by atoms with Crippen LogP contribution in [0.3, 0.4) is 0 Å². The fourth-order valence-corrected chi connectivity index (χ4v) is 1.10. The maximum absolute atomic E-state index is 5.20. The van der Waals surface area contributed by atoms with Crippen LogP contribution in [0.5, 0.6) is 0 Å². The van der Waals surface area contributed by atoms with Gasteiger partial charge >= 0.3 is 0 Å². The van der Waals surface area contributed by atoms with Crippen LogP contribution in [-0.4, -0.2) is 12.2 Å². The van der Waals surface area contributed by atoms with Crippen LogP contribution in [0, 0.1) is 11.8 Å². The van der Waals surface area contributed by atoms with E-state index in [9.17, 15) is 0 Å². The van der Waals surface area contributed by atoms with Crippen molar-refractivity contribution in [2.24, 2.45) is 0 Å². The molecule has 1 aliphatic heterocycles. The second-order valence-electron chi connectivity index (χ2n) is 2.89. The first-order valence-electron chi connectivity index (χ1n) is 4.25. The van der Waals surface area contributed by atoms with E-state index < -0.39 is 0 Å². The third kappa shape index (κ3) is 1.99. The number of benzene rings is 1. The first-order valence-corrected chi connectivity index (χ1v) is 4.25. The molecule has 64 valence electrons. The molecule has 0 radical (unpaired) electrons. The lowest BCUT2D eigenvalue weighted by Gasteiger charge is -1.84. The van der Waals surface area contributed by atoms with E-state index in [0.717, 1.165) is 5.56 Å². The Morgan fingerprint density at radius 3 is 2.69 bits per heavy atom. The van der Waals surface area contributed by atoms with Crippen molar-refractivity contribution < 1.29 is 4.74 Å². The summed E-state index contributed by atoms with van der Waals surface area (Å²) in [5.41, 5.74) is 1.03. The van der Waals surface area contributed by atoms with Crippen LogP contribution in [-0.2, 0) is 4.74 Å². The van der Waals surface area contributed by atoms with Crippen LogP contribution < -0.4 is 0 Å². The van der Waals surface area contributed by atoms with E-state index in [0.29, 0.717) is 0 Å². The van der Waals surface area contributed by atoms with Crippen molar-refractivity contribution in [1.29, 1.82) is 0 Å². The van der Waals surface area contributed by atoms with Crippen molar-refractivity contribution in [3.63, 3.8) is 0 Å². The van der Waals surface area contributed by atoms with Crippen LogP contribution in [0.25, 0.3) is 0 Å². The van der Waals surface area contributed by atoms with E-state index in [1.807, 2.05) is 30.3 Å².